The van der Waals surface area contributed by atoms with Crippen LogP contribution in [-0.2, 0) is 23.7 Å². The third-order valence-electron chi connectivity index (χ3n) is 4.20. The van der Waals surface area contributed by atoms with Crippen molar-refractivity contribution in [2.45, 2.75) is 75.9 Å². The topological polar surface area (TPSA) is 86.6 Å². The van der Waals surface area contributed by atoms with Gasteiger partial charge < -0.3 is 33.9 Å². The van der Waals surface area contributed by atoms with Crippen LogP contribution in [-0.4, -0.2) is 73.6 Å². The van der Waals surface area contributed by atoms with E-state index in [2.05, 4.69) is 0 Å². The zero-order valence-corrected chi connectivity index (χ0v) is 13.0. The maximum atomic E-state index is 9.96. The molecule has 7 heteroatoms. The average Bonchev–Trinajstić information content (AvgIpc) is 2.45. The highest BCUT2D eigenvalue weighted by Gasteiger charge is 2.42. The summed E-state index contributed by atoms with van der Waals surface area (Å²) < 4.78 is 27.7. The molecule has 0 bridgehead atoms. The van der Waals surface area contributed by atoms with Gasteiger partial charge in [0.15, 0.2) is 12.6 Å². The van der Waals surface area contributed by atoms with Crippen molar-refractivity contribution in [2.75, 3.05) is 14.2 Å². The number of rotatable bonds is 4. The predicted octanol–water partition coefficient (Wildman–Crippen LogP) is 0.0246. The molecule has 0 aromatic rings. The van der Waals surface area contributed by atoms with Gasteiger partial charge in [-0.3, -0.25) is 0 Å². The van der Waals surface area contributed by atoms with E-state index in [0.29, 0.717) is 12.8 Å². The van der Waals surface area contributed by atoms with Crippen molar-refractivity contribution >= 4 is 0 Å². The molecule has 2 aliphatic heterocycles. The second kappa shape index (κ2) is 7.32. The summed E-state index contributed by atoms with van der Waals surface area (Å²) in [7, 11) is 3.14. The van der Waals surface area contributed by atoms with Crippen LogP contribution in [0.25, 0.3) is 0 Å². The average molecular weight is 306 g/mol. The smallest absolute Gasteiger partial charge is 0.161 e. The van der Waals surface area contributed by atoms with Crippen molar-refractivity contribution in [1.82, 2.24) is 0 Å². The lowest BCUT2D eigenvalue weighted by Gasteiger charge is -2.42. The molecule has 2 N–H and O–H groups in total. The number of methoxy groups -OCH3 is 2. The first-order valence-electron chi connectivity index (χ1n) is 7.34. The van der Waals surface area contributed by atoms with Gasteiger partial charge in [-0.2, -0.15) is 0 Å². The Kier molecular flexibility index (Phi) is 5.96. The zero-order chi connectivity index (χ0) is 15.6. The molecule has 0 aromatic heterocycles. The Bertz CT molecular complexity index is 326. The van der Waals surface area contributed by atoms with E-state index in [-0.39, 0.29) is 30.5 Å². The van der Waals surface area contributed by atoms with Crippen LogP contribution in [0.15, 0.2) is 0 Å². The molecule has 0 spiro atoms. The molecule has 7 nitrogen and oxygen atoms in total. The van der Waals surface area contributed by atoms with Crippen LogP contribution in [0.1, 0.15) is 26.7 Å². The van der Waals surface area contributed by atoms with Crippen LogP contribution < -0.4 is 0 Å². The quantitative estimate of drug-likeness (QED) is 0.757. The van der Waals surface area contributed by atoms with E-state index in [0.717, 1.165) is 0 Å². The summed E-state index contributed by atoms with van der Waals surface area (Å²) in [6.45, 7) is 3.61. The molecule has 2 rings (SSSR count). The van der Waals surface area contributed by atoms with E-state index in [4.69, 9.17) is 23.7 Å². The van der Waals surface area contributed by atoms with Gasteiger partial charge in [-0.1, -0.05) is 0 Å². The Labute approximate surface area is 125 Å². The van der Waals surface area contributed by atoms with Crippen molar-refractivity contribution in [2.24, 2.45) is 0 Å². The van der Waals surface area contributed by atoms with Gasteiger partial charge in [0.05, 0.1) is 24.4 Å². The number of aliphatic hydroxyl groups excluding tert-OH is 2. The van der Waals surface area contributed by atoms with Gasteiger partial charge in [-0.25, -0.2) is 0 Å². The third kappa shape index (κ3) is 3.92. The lowest BCUT2D eigenvalue weighted by molar-refractivity contribution is -0.310. The number of hydrogen-bond acceptors (Lipinski definition) is 7. The van der Waals surface area contributed by atoms with Gasteiger partial charge in [0.1, 0.15) is 12.2 Å². The Morgan fingerprint density at radius 1 is 0.905 bits per heavy atom. The minimum absolute atomic E-state index is 0.268. The fraction of sp³-hybridized carbons (Fsp3) is 1.00. The van der Waals surface area contributed by atoms with Crippen molar-refractivity contribution in [3.63, 3.8) is 0 Å². The fourth-order valence-corrected chi connectivity index (χ4v) is 2.95. The largest absolute Gasteiger partial charge is 0.388 e. The Hall–Kier alpha value is -0.280. The standard InChI is InChI=1S/C14H26O7/c1-7-13(16)9(17-3)6-12(20-7)21-14-8(2)19-11(15)5-10(14)18-4/h7-16H,5-6H2,1-4H3/t7?,8?,9?,10?,11-,12+,13+,14+/m1/s1. The number of hydrogen-bond donors (Lipinski definition) is 2. The van der Waals surface area contributed by atoms with Crippen LogP contribution in [0, 0.1) is 0 Å². The first-order valence-corrected chi connectivity index (χ1v) is 7.34. The van der Waals surface area contributed by atoms with Gasteiger partial charge in [0.25, 0.3) is 0 Å². The van der Waals surface area contributed by atoms with Crippen molar-refractivity contribution in [1.29, 1.82) is 0 Å². The first-order chi connectivity index (χ1) is 9.96. The molecule has 0 aliphatic carbocycles. The van der Waals surface area contributed by atoms with Crippen molar-refractivity contribution in [3.8, 4) is 0 Å². The normalized spacial score (nSPS) is 48.3. The molecule has 0 radical (unpaired) electrons. The molecule has 2 heterocycles. The Morgan fingerprint density at radius 3 is 2.19 bits per heavy atom. The Balaban J connectivity index is 1.99. The SMILES string of the molecule is COC1C[C@H](O[C@H]2C(C)O[C@@H](O)CC2OC)OC(C)[C@@H]1O. The highest BCUT2D eigenvalue weighted by molar-refractivity contribution is 4.86. The van der Waals surface area contributed by atoms with Crippen LogP contribution >= 0.6 is 0 Å². The van der Waals surface area contributed by atoms with E-state index in [1.54, 1.807) is 21.1 Å². The number of aliphatic hydroxyl groups is 2. The van der Waals surface area contributed by atoms with E-state index >= 15 is 0 Å². The van der Waals surface area contributed by atoms with Gasteiger partial charge in [-0.15, -0.1) is 0 Å². The maximum absolute atomic E-state index is 9.96. The van der Waals surface area contributed by atoms with E-state index < -0.39 is 18.7 Å². The minimum Gasteiger partial charge on any atom is -0.388 e. The molecular weight excluding hydrogens is 280 g/mol. The molecule has 21 heavy (non-hydrogen) atoms. The van der Waals surface area contributed by atoms with E-state index in [9.17, 15) is 10.2 Å². The summed E-state index contributed by atoms with van der Waals surface area (Å²) in [5.74, 6) is 0. The highest BCUT2D eigenvalue weighted by atomic mass is 16.7. The third-order valence-corrected chi connectivity index (χ3v) is 4.20. The second-order valence-electron chi connectivity index (χ2n) is 5.68. The lowest BCUT2D eigenvalue weighted by atomic mass is 10.0. The summed E-state index contributed by atoms with van der Waals surface area (Å²) in [4.78, 5) is 0. The van der Waals surface area contributed by atoms with Crippen molar-refractivity contribution < 1.29 is 33.9 Å². The van der Waals surface area contributed by atoms with Crippen molar-refractivity contribution in [3.05, 3.63) is 0 Å². The molecule has 8 atom stereocenters. The predicted molar refractivity (Wildman–Crippen MR) is 72.6 cm³/mol. The second-order valence-corrected chi connectivity index (χ2v) is 5.68. The molecule has 4 unspecified atom stereocenters. The summed E-state index contributed by atoms with van der Waals surface area (Å²) in [5, 5.41) is 19.6. The summed E-state index contributed by atoms with van der Waals surface area (Å²) in [5.41, 5.74) is 0. The molecule has 2 saturated heterocycles. The van der Waals surface area contributed by atoms with Crippen LogP contribution in [0.3, 0.4) is 0 Å². The number of ether oxygens (including phenoxy) is 5. The maximum Gasteiger partial charge on any atom is 0.161 e. The molecule has 0 aromatic carbocycles. The van der Waals surface area contributed by atoms with Gasteiger partial charge in [0, 0.05) is 27.1 Å². The zero-order valence-electron chi connectivity index (χ0n) is 13.0. The van der Waals surface area contributed by atoms with E-state index in [1.165, 1.54) is 0 Å². The molecule has 2 aliphatic rings. The first kappa shape index (κ1) is 17.1. The molecule has 0 saturated carbocycles. The van der Waals surface area contributed by atoms with Gasteiger partial charge >= 0.3 is 0 Å². The summed E-state index contributed by atoms with van der Waals surface area (Å²) in [6, 6.07) is 0. The molecule has 0 amide bonds. The summed E-state index contributed by atoms with van der Waals surface area (Å²) in [6.07, 6.45) is -2.86. The monoisotopic (exact) mass is 306 g/mol. The highest BCUT2D eigenvalue weighted by Crippen LogP contribution is 2.29. The van der Waals surface area contributed by atoms with Crippen LogP contribution in [0.5, 0.6) is 0 Å². The molecular formula is C14H26O7. The molecule has 124 valence electrons. The van der Waals surface area contributed by atoms with Gasteiger partial charge in [-0.05, 0) is 13.8 Å². The lowest BCUT2D eigenvalue weighted by Crippen LogP contribution is -2.54. The fourth-order valence-electron chi connectivity index (χ4n) is 2.95. The van der Waals surface area contributed by atoms with Crippen LogP contribution in [0.4, 0.5) is 0 Å². The molecule has 2 fully saturated rings. The summed E-state index contributed by atoms with van der Waals surface area (Å²) >= 11 is 0. The Morgan fingerprint density at radius 2 is 1.57 bits per heavy atom. The van der Waals surface area contributed by atoms with Crippen LogP contribution in [0.2, 0.25) is 0 Å². The van der Waals surface area contributed by atoms with Gasteiger partial charge in [0.2, 0.25) is 0 Å². The minimum atomic E-state index is -0.843. The van der Waals surface area contributed by atoms with E-state index in [1.807, 2.05) is 6.92 Å².